The zero-order valence-electron chi connectivity index (χ0n) is 7.17. The molecule has 66 valence electrons. The van der Waals surface area contributed by atoms with Crippen LogP contribution in [0.4, 0.5) is 0 Å². The molecule has 1 aromatic heterocycles. The van der Waals surface area contributed by atoms with Gasteiger partial charge in [0.05, 0.1) is 11.8 Å². The molecule has 0 N–H and O–H groups in total. The fourth-order valence-corrected chi connectivity index (χ4v) is 1.28. The molecule has 12 heavy (non-hydrogen) atoms. The molecule has 4 heteroatoms. The van der Waals surface area contributed by atoms with Crippen molar-refractivity contribution in [2.24, 2.45) is 0 Å². The molecule has 1 aromatic rings. The molecule has 1 rings (SSSR count). The van der Waals surface area contributed by atoms with Crippen LogP contribution in [0.1, 0.15) is 30.6 Å². The Bertz CT molecular complexity index is 293. The van der Waals surface area contributed by atoms with Gasteiger partial charge in [0, 0.05) is 6.54 Å². The van der Waals surface area contributed by atoms with Gasteiger partial charge in [-0.1, -0.05) is 18.5 Å². The number of nitrogens with zero attached hydrogens (tertiary/aromatic N) is 2. The number of rotatable bonds is 3. The zero-order valence-corrected chi connectivity index (χ0v) is 7.93. The summed E-state index contributed by atoms with van der Waals surface area (Å²) in [6.07, 6.45) is 2.47. The molecule has 1 heterocycles. The Hall–Kier alpha value is -0.830. The van der Waals surface area contributed by atoms with Gasteiger partial charge >= 0.3 is 0 Å². The molecule has 0 unspecified atom stereocenters. The highest BCUT2D eigenvalue weighted by Gasteiger charge is 2.10. The second kappa shape index (κ2) is 3.72. The lowest BCUT2D eigenvalue weighted by Crippen LogP contribution is -1.99. The fourth-order valence-electron chi connectivity index (χ4n) is 0.974. The molecule has 0 atom stereocenters. The number of carbonyl (C=O) groups excluding carboxylic acids is 1. The van der Waals surface area contributed by atoms with Crippen molar-refractivity contribution in [3.8, 4) is 0 Å². The average molecular weight is 187 g/mol. The first-order chi connectivity index (χ1) is 5.66. The fraction of sp³-hybridized carbons (Fsp3) is 0.500. The smallest absolute Gasteiger partial charge is 0.164 e. The zero-order chi connectivity index (χ0) is 9.14. The van der Waals surface area contributed by atoms with Crippen molar-refractivity contribution in [3.05, 3.63) is 16.9 Å². The van der Waals surface area contributed by atoms with Crippen molar-refractivity contribution >= 4 is 17.4 Å². The van der Waals surface area contributed by atoms with Crippen LogP contribution < -0.4 is 0 Å². The van der Waals surface area contributed by atoms with Crippen LogP contribution >= 0.6 is 11.6 Å². The molecule has 0 aliphatic heterocycles. The molecule has 0 saturated heterocycles. The Labute approximate surface area is 76.3 Å². The second-order valence-corrected chi connectivity index (χ2v) is 2.99. The number of halogens is 1. The van der Waals surface area contributed by atoms with E-state index < -0.39 is 0 Å². The largest absolute Gasteiger partial charge is 0.294 e. The summed E-state index contributed by atoms with van der Waals surface area (Å²) in [7, 11) is 0. The molecule has 0 aliphatic carbocycles. The third-order valence-electron chi connectivity index (χ3n) is 1.59. The van der Waals surface area contributed by atoms with Gasteiger partial charge in [0.25, 0.3) is 0 Å². The van der Waals surface area contributed by atoms with Crippen molar-refractivity contribution in [1.29, 1.82) is 0 Å². The van der Waals surface area contributed by atoms with E-state index >= 15 is 0 Å². The molecule has 0 fully saturated rings. The van der Waals surface area contributed by atoms with Crippen molar-refractivity contribution in [2.45, 2.75) is 26.8 Å². The summed E-state index contributed by atoms with van der Waals surface area (Å²) in [6, 6.07) is 0. The Morgan fingerprint density at radius 2 is 2.42 bits per heavy atom. The summed E-state index contributed by atoms with van der Waals surface area (Å²) in [5, 5.41) is 4.44. The minimum atomic E-state index is -0.0395. The number of aryl methyl sites for hydroxylation is 1. The summed E-state index contributed by atoms with van der Waals surface area (Å²) >= 11 is 5.88. The first kappa shape index (κ1) is 9.26. The normalized spacial score (nSPS) is 10.2. The van der Waals surface area contributed by atoms with E-state index in [0.29, 0.717) is 10.7 Å². The molecule has 0 spiro atoms. The van der Waals surface area contributed by atoms with Crippen LogP contribution in [0.2, 0.25) is 5.15 Å². The number of hydrogen-bond donors (Lipinski definition) is 0. The Morgan fingerprint density at radius 1 is 1.75 bits per heavy atom. The number of Topliss-reactive ketones (excluding diaryl/α,β-unsaturated/α-hetero) is 1. The van der Waals surface area contributed by atoms with Gasteiger partial charge in [0.1, 0.15) is 5.15 Å². The topological polar surface area (TPSA) is 34.9 Å². The molecule has 0 amide bonds. The van der Waals surface area contributed by atoms with E-state index in [2.05, 4.69) is 5.10 Å². The number of ketones is 1. The first-order valence-corrected chi connectivity index (χ1v) is 4.26. The Balaban J connectivity index is 2.96. The van der Waals surface area contributed by atoms with Crippen molar-refractivity contribution in [2.75, 3.05) is 0 Å². The minimum absolute atomic E-state index is 0.0395. The van der Waals surface area contributed by atoms with Crippen LogP contribution in [0.15, 0.2) is 6.20 Å². The van der Waals surface area contributed by atoms with E-state index in [1.165, 1.54) is 13.1 Å². The van der Waals surface area contributed by atoms with Crippen LogP contribution in [0.3, 0.4) is 0 Å². The monoisotopic (exact) mass is 186 g/mol. The lowest BCUT2D eigenvalue weighted by molar-refractivity contribution is 0.101. The predicted molar refractivity (Wildman–Crippen MR) is 47.5 cm³/mol. The molecular weight excluding hydrogens is 176 g/mol. The first-order valence-electron chi connectivity index (χ1n) is 3.89. The predicted octanol–water partition coefficient (Wildman–Crippen LogP) is 2.15. The third-order valence-corrected chi connectivity index (χ3v) is 1.99. The number of carbonyl (C=O) groups is 1. The summed E-state index contributed by atoms with van der Waals surface area (Å²) in [4.78, 5) is 10.9. The molecule has 0 bridgehead atoms. The molecule has 0 radical (unpaired) electrons. The maximum Gasteiger partial charge on any atom is 0.164 e. The third kappa shape index (κ3) is 1.67. The van der Waals surface area contributed by atoms with E-state index in [0.717, 1.165) is 13.0 Å². The summed E-state index contributed by atoms with van der Waals surface area (Å²) in [6.45, 7) is 4.27. The van der Waals surface area contributed by atoms with E-state index in [1.54, 1.807) is 4.68 Å². The Morgan fingerprint density at radius 3 is 2.83 bits per heavy atom. The van der Waals surface area contributed by atoms with Crippen LogP contribution in [0, 0.1) is 0 Å². The van der Waals surface area contributed by atoms with Crippen LogP contribution in [0.25, 0.3) is 0 Å². The molecule has 3 nitrogen and oxygen atoms in total. The van der Waals surface area contributed by atoms with Crippen molar-refractivity contribution in [1.82, 2.24) is 9.78 Å². The van der Waals surface area contributed by atoms with Gasteiger partial charge in [-0.25, -0.2) is 0 Å². The SMILES string of the molecule is CCCn1ncc(C(C)=O)c1Cl. The second-order valence-electron chi connectivity index (χ2n) is 2.63. The average Bonchev–Trinajstić information content (AvgIpc) is 2.34. The maximum atomic E-state index is 10.9. The van der Waals surface area contributed by atoms with Gasteiger partial charge in [-0.3, -0.25) is 9.48 Å². The van der Waals surface area contributed by atoms with Crippen molar-refractivity contribution in [3.63, 3.8) is 0 Å². The van der Waals surface area contributed by atoms with Crippen LogP contribution in [0.5, 0.6) is 0 Å². The summed E-state index contributed by atoms with van der Waals surface area (Å²) < 4.78 is 1.64. The lowest BCUT2D eigenvalue weighted by Gasteiger charge is -1.98. The van der Waals surface area contributed by atoms with Gasteiger partial charge in [-0.05, 0) is 13.3 Å². The highest BCUT2D eigenvalue weighted by molar-refractivity contribution is 6.32. The Kier molecular flexibility index (Phi) is 2.87. The van der Waals surface area contributed by atoms with Gasteiger partial charge in [-0.2, -0.15) is 5.10 Å². The maximum absolute atomic E-state index is 10.9. The standard InChI is InChI=1S/C8H11ClN2O/c1-3-4-11-8(9)7(5-10-11)6(2)12/h5H,3-4H2,1-2H3. The molecular formula is C8H11ClN2O. The van der Waals surface area contributed by atoms with Gasteiger partial charge in [0.2, 0.25) is 0 Å². The van der Waals surface area contributed by atoms with Gasteiger partial charge < -0.3 is 0 Å². The van der Waals surface area contributed by atoms with E-state index in [9.17, 15) is 4.79 Å². The molecule has 0 aliphatic rings. The summed E-state index contributed by atoms with van der Waals surface area (Å²) in [5.74, 6) is -0.0395. The number of aromatic nitrogens is 2. The van der Waals surface area contributed by atoms with Crippen LogP contribution in [-0.2, 0) is 6.54 Å². The van der Waals surface area contributed by atoms with Gasteiger partial charge in [0.15, 0.2) is 5.78 Å². The molecule has 0 aromatic carbocycles. The van der Waals surface area contributed by atoms with Gasteiger partial charge in [-0.15, -0.1) is 0 Å². The highest BCUT2D eigenvalue weighted by Crippen LogP contribution is 2.15. The lowest BCUT2D eigenvalue weighted by atomic mass is 10.3. The highest BCUT2D eigenvalue weighted by atomic mass is 35.5. The summed E-state index contributed by atoms with van der Waals surface area (Å²) in [5.41, 5.74) is 0.505. The van der Waals surface area contributed by atoms with E-state index in [-0.39, 0.29) is 5.78 Å². The van der Waals surface area contributed by atoms with E-state index in [4.69, 9.17) is 11.6 Å². The van der Waals surface area contributed by atoms with E-state index in [1.807, 2.05) is 6.92 Å². The molecule has 0 saturated carbocycles. The van der Waals surface area contributed by atoms with Crippen molar-refractivity contribution < 1.29 is 4.79 Å². The minimum Gasteiger partial charge on any atom is -0.294 e. The number of hydrogen-bond acceptors (Lipinski definition) is 2. The van der Waals surface area contributed by atoms with Crippen LogP contribution in [-0.4, -0.2) is 15.6 Å². The quantitative estimate of drug-likeness (QED) is 0.678.